The highest BCUT2D eigenvalue weighted by atomic mass is 32.1. The third-order valence-electron chi connectivity index (χ3n) is 5.81. The van der Waals surface area contributed by atoms with E-state index in [1.165, 1.54) is 17.4 Å². The van der Waals surface area contributed by atoms with Gasteiger partial charge in [-0.15, -0.1) is 11.3 Å². The number of benzene rings is 1. The largest absolute Gasteiger partial charge is 0.491 e. The van der Waals surface area contributed by atoms with Crippen molar-refractivity contribution < 1.29 is 14.3 Å². The fraction of sp³-hybridized carbons (Fsp3) is 0.240. The summed E-state index contributed by atoms with van der Waals surface area (Å²) >= 11 is 1.23. The molecule has 2 amide bonds. The Morgan fingerprint density at radius 1 is 1.31 bits per heavy atom. The lowest BCUT2D eigenvalue weighted by molar-refractivity contribution is -0.111. The molecule has 0 spiro atoms. The fourth-order valence-electron chi connectivity index (χ4n) is 4.11. The minimum absolute atomic E-state index is 0.320. The van der Waals surface area contributed by atoms with Gasteiger partial charge in [-0.05, 0) is 43.0 Å². The van der Waals surface area contributed by atoms with Gasteiger partial charge in [0.05, 0.1) is 51.0 Å². The molecule has 2 N–H and O–H groups in total. The van der Waals surface area contributed by atoms with Crippen LogP contribution in [0.15, 0.2) is 55.4 Å². The fourth-order valence-corrected chi connectivity index (χ4v) is 5.13. The van der Waals surface area contributed by atoms with E-state index in [1.54, 1.807) is 18.5 Å². The molecule has 1 aliphatic rings. The summed E-state index contributed by atoms with van der Waals surface area (Å²) in [5.74, 6) is 0.668. The van der Waals surface area contributed by atoms with Crippen LogP contribution in [0.1, 0.15) is 29.4 Å². The van der Waals surface area contributed by atoms with E-state index in [4.69, 9.17) is 4.74 Å². The number of nitrogens with zero attached hydrogens (tertiary/aromatic N) is 4. The van der Waals surface area contributed by atoms with Crippen LogP contribution in [0.25, 0.3) is 21.5 Å². The highest BCUT2D eigenvalue weighted by molar-refractivity contribution is 7.18. The number of hydrogen-bond acceptors (Lipinski definition) is 7. The monoisotopic (exact) mass is 488 g/mol. The molecule has 0 aliphatic carbocycles. The third-order valence-corrected chi connectivity index (χ3v) is 6.98. The van der Waals surface area contributed by atoms with Gasteiger partial charge in [0, 0.05) is 6.54 Å². The molecule has 1 aliphatic heterocycles. The first kappa shape index (κ1) is 22.7. The van der Waals surface area contributed by atoms with Crippen LogP contribution in [-0.2, 0) is 11.3 Å². The summed E-state index contributed by atoms with van der Waals surface area (Å²) in [5, 5.41) is 13.7. The summed E-state index contributed by atoms with van der Waals surface area (Å²) in [6.07, 6.45) is 6.08. The van der Waals surface area contributed by atoms with Gasteiger partial charge in [0.25, 0.3) is 5.91 Å². The maximum Gasteiger partial charge on any atom is 0.268 e. The molecule has 0 saturated heterocycles. The molecular weight excluding hydrogens is 464 g/mol. The molecule has 10 heteroatoms. The van der Waals surface area contributed by atoms with E-state index in [1.807, 2.05) is 24.3 Å². The lowest BCUT2D eigenvalue weighted by Crippen LogP contribution is -2.17. The molecule has 1 atom stereocenters. The number of aromatic nitrogens is 4. The van der Waals surface area contributed by atoms with Gasteiger partial charge in [-0.25, -0.2) is 4.98 Å². The van der Waals surface area contributed by atoms with Crippen molar-refractivity contribution >= 4 is 45.8 Å². The van der Waals surface area contributed by atoms with E-state index in [0.29, 0.717) is 51.8 Å². The molecule has 35 heavy (non-hydrogen) atoms. The molecule has 0 fully saturated rings. The molecule has 178 valence electrons. The number of fused-ring (bicyclic) bond motifs is 7. The van der Waals surface area contributed by atoms with E-state index in [2.05, 4.69) is 43.9 Å². The van der Waals surface area contributed by atoms with Crippen LogP contribution >= 0.6 is 11.3 Å². The molecule has 5 rings (SSSR count). The molecule has 4 heterocycles. The van der Waals surface area contributed by atoms with E-state index in [9.17, 15) is 9.59 Å². The van der Waals surface area contributed by atoms with Crippen molar-refractivity contribution in [2.75, 3.05) is 17.2 Å². The first-order valence-corrected chi connectivity index (χ1v) is 12.1. The van der Waals surface area contributed by atoms with Crippen LogP contribution in [-0.4, -0.2) is 38.2 Å². The van der Waals surface area contributed by atoms with E-state index in [-0.39, 0.29) is 11.8 Å². The van der Waals surface area contributed by atoms with E-state index in [0.717, 1.165) is 23.9 Å². The van der Waals surface area contributed by atoms with Crippen LogP contribution in [0.5, 0.6) is 5.75 Å². The molecule has 0 unspecified atom stereocenters. The number of thiophene rings is 1. The number of para-hydroxylation sites is 2. The smallest absolute Gasteiger partial charge is 0.268 e. The summed E-state index contributed by atoms with van der Waals surface area (Å²) in [6.45, 7) is 6.91. The lowest BCUT2D eigenvalue weighted by Gasteiger charge is -2.16. The van der Waals surface area contributed by atoms with E-state index >= 15 is 0 Å². The van der Waals surface area contributed by atoms with Crippen LogP contribution in [0.2, 0.25) is 0 Å². The normalized spacial score (nSPS) is 16.1. The molecule has 1 aromatic carbocycles. The zero-order chi connectivity index (χ0) is 24.4. The van der Waals surface area contributed by atoms with Crippen molar-refractivity contribution in [3.8, 4) is 16.2 Å². The molecule has 0 radical (unpaired) electrons. The third kappa shape index (κ3) is 4.65. The minimum atomic E-state index is -0.384. The summed E-state index contributed by atoms with van der Waals surface area (Å²) < 4.78 is 8.12. The van der Waals surface area contributed by atoms with Crippen molar-refractivity contribution in [2.45, 2.75) is 26.3 Å². The Hall–Kier alpha value is -4.05. The van der Waals surface area contributed by atoms with Gasteiger partial charge < -0.3 is 14.6 Å². The first-order valence-electron chi connectivity index (χ1n) is 11.3. The second kappa shape index (κ2) is 9.67. The zero-order valence-electron chi connectivity index (χ0n) is 19.2. The molecule has 3 aromatic heterocycles. The van der Waals surface area contributed by atoms with Crippen molar-refractivity contribution in [3.05, 3.63) is 60.3 Å². The summed E-state index contributed by atoms with van der Waals surface area (Å²) in [4.78, 5) is 31.2. The van der Waals surface area contributed by atoms with Crippen LogP contribution < -0.4 is 15.4 Å². The number of anilines is 2. The number of amides is 2. The average molecular weight is 489 g/mol. The number of ether oxygens (including phenoxy) is 1. The van der Waals surface area contributed by atoms with Crippen molar-refractivity contribution in [3.63, 3.8) is 0 Å². The van der Waals surface area contributed by atoms with Gasteiger partial charge in [0.2, 0.25) is 11.9 Å². The number of hydrogen-bond donors (Lipinski definition) is 2. The van der Waals surface area contributed by atoms with Gasteiger partial charge >= 0.3 is 0 Å². The van der Waals surface area contributed by atoms with Crippen molar-refractivity contribution in [2.24, 2.45) is 5.92 Å². The highest BCUT2D eigenvalue weighted by Gasteiger charge is 2.23. The highest BCUT2D eigenvalue weighted by Crippen LogP contribution is 2.41. The summed E-state index contributed by atoms with van der Waals surface area (Å²) in [5.41, 5.74) is 2.90. The Kier molecular flexibility index (Phi) is 6.28. The number of nitrogens with one attached hydrogen (secondary N) is 2. The van der Waals surface area contributed by atoms with Gasteiger partial charge in [0.1, 0.15) is 5.75 Å². The Morgan fingerprint density at radius 2 is 2.14 bits per heavy atom. The number of carbonyl (C=O) groups excluding carboxylic acids is 2. The SMILES string of the molecule is C=CC(=O)Nc1cc2sc1-c1cnncc1OCCC[C@@H](C)Cn1c(nc3ccccc31)NC2=O. The maximum absolute atomic E-state index is 13.4. The topological polar surface area (TPSA) is 111 Å². The van der Waals surface area contributed by atoms with E-state index < -0.39 is 0 Å². The summed E-state index contributed by atoms with van der Waals surface area (Å²) in [6, 6.07) is 9.47. The number of imidazole rings is 1. The Labute approximate surface area is 205 Å². The number of carbonyl (C=O) groups is 2. The average Bonchev–Trinajstić information content (AvgIpc) is 3.43. The summed E-state index contributed by atoms with van der Waals surface area (Å²) in [7, 11) is 0. The molecule has 9 nitrogen and oxygen atoms in total. The minimum Gasteiger partial charge on any atom is -0.491 e. The van der Waals surface area contributed by atoms with Crippen molar-refractivity contribution in [1.82, 2.24) is 19.7 Å². The molecular formula is C25H24N6O3S. The second-order valence-corrected chi connectivity index (χ2v) is 9.45. The molecule has 2 bridgehead atoms. The Balaban J connectivity index is 1.62. The number of rotatable bonds is 2. The van der Waals surface area contributed by atoms with Gasteiger partial charge in [-0.1, -0.05) is 25.6 Å². The van der Waals surface area contributed by atoms with Gasteiger partial charge in [-0.2, -0.15) is 10.2 Å². The van der Waals surface area contributed by atoms with Crippen molar-refractivity contribution in [1.29, 1.82) is 0 Å². The van der Waals surface area contributed by atoms with Gasteiger partial charge in [0.15, 0.2) is 0 Å². The lowest BCUT2D eigenvalue weighted by atomic mass is 10.1. The first-order chi connectivity index (χ1) is 17.0. The molecule has 4 aromatic rings. The Morgan fingerprint density at radius 3 is 3.00 bits per heavy atom. The standard InChI is InChI=1S/C25H24N6O3S/c1-3-22(32)28-18-11-21-24(33)30-25-29-17-8-4-5-9-19(17)31(25)14-15(2)7-6-10-34-20-13-27-26-12-16(20)23(18)35-21/h3-5,8-9,11-13,15H,1,6-7,10,14H2,2H3,(H,28,32)(H,29,30,33)/t15-/m1/s1. The van der Waals surface area contributed by atoms with Crippen LogP contribution in [0.3, 0.4) is 0 Å². The Bertz CT molecular complexity index is 1430. The predicted octanol–water partition coefficient (Wildman–Crippen LogP) is 4.74. The van der Waals surface area contributed by atoms with Gasteiger partial charge in [-0.3, -0.25) is 14.9 Å². The maximum atomic E-state index is 13.4. The quantitative estimate of drug-likeness (QED) is 0.394. The predicted molar refractivity (Wildman–Crippen MR) is 136 cm³/mol. The van der Waals surface area contributed by atoms with Crippen LogP contribution in [0.4, 0.5) is 11.6 Å². The zero-order valence-corrected chi connectivity index (χ0v) is 20.0. The second-order valence-electron chi connectivity index (χ2n) is 8.40. The molecule has 0 saturated carbocycles. The van der Waals surface area contributed by atoms with Crippen LogP contribution in [0, 0.1) is 5.92 Å².